The Balaban J connectivity index is 1.86. The molecule has 0 radical (unpaired) electrons. The van der Waals surface area contributed by atoms with E-state index in [-0.39, 0.29) is 0 Å². The van der Waals surface area contributed by atoms with Crippen LogP contribution in [-0.2, 0) is 0 Å². The van der Waals surface area contributed by atoms with E-state index in [1.54, 1.807) is 0 Å². The summed E-state index contributed by atoms with van der Waals surface area (Å²) >= 11 is 0. The van der Waals surface area contributed by atoms with Crippen LogP contribution in [0.3, 0.4) is 0 Å². The summed E-state index contributed by atoms with van der Waals surface area (Å²) in [5.41, 5.74) is 2.80. The molecule has 1 heteroatoms. The van der Waals surface area contributed by atoms with Gasteiger partial charge in [0.1, 0.15) is 11.3 Å². The summed E-state index contributed by atoms with van der Waals surface area (Å²) in [6.45, 7) is 7.03. The van der Waals surface area contributed by atoms with Crippen LogP contribution in [0.5, 0.6) is 0 Å². The Hall–Kier alpha value is -1.50. The van der Waals surface area contributed by atoms with Crippen LogP contribution in [0.1, 0.15) is 45.8 Å². The van der Waals surface area contributed by atoms with E-state index in [1.807, 2.05) is 12.1 Å². The molecular formula is C18H22O. The molecule has 19 heavy (non-hydrogen) atoms. The summed E-state index contributed by atoms with van der Waals surface area (Å²) in [5, 5.41) is 1.20. The Morgan fingerprint density at radius 2 is 1.95 bits per heavy atom. The number of para-hydroxylation sites is 1. The Labute approximate surface area is 115 Å². The highest BCUT2D eigenvalue weighted by Gasteiger charge is 2.27. The zero-order valence-electron chi connectivity index (χ0n) is 12.1. The highest BCUT2D eigenvalue weighted by Crippen LogP contribution is 2.40. The molecule has 1 unspecified atom stereocenters. The van der Waals surface area contributed by atoms with Crippen molar-refractivity contribution in [1.29, 1.82) is 0 Å². The molecule has 2 aromatic rings. The molecule has 1 heterocycles. The third-order valence-electron chi connectivity index (χ3n) is 4.38. The van der Waals surface area contributed by atoms with Gasteiger partial charge >= 0.3 is 0 Å². The van der Waals surface area contributed by atoms with Crippen molar-refractivity contribution in [2.24, 2.45) is 11.3 Å². The van der Waals surface area contributed by atoms with Crippen molar-refractivity contribution in [3.05, 3.63) is 42.2 Å². The van der Waals surface area contributed by atoms with Crippen LogP contribution in [0.4, 0.5) is 0 Å². The molecule has 0 fully saturated rings. The molecule has 1 aliphatic carbocycles. The molecule has 1 nitrogen and oxygen atoms in total. The summed E-state index contributed by atoms with van der Waals surface area (Å²) in [6, 6.07) is 10.4. The van der Waals surface area contributed by atoms with Crippen molar-refractivity contribution >= 4 is 16.5 Å². The number of furan rings is 1. The van der Waals surface area contributed by atoms with E-state index in [0.29, 0.717) is 5.41 Å². The van der Waals surface area contributed by atoms with Crippen LogP contribution in [0.25, 0.3) is 16.5 Å². The van der Waals surface area contributed by atoms with Gasteiger partial charge in [0.05, 0.1) is 0 Å². The average Bonchev–Trinajstić information content (AvgIpc) is 2.81. The summed E-state index contributed by atoms with van der Waals surface area (Å²) in [5.74, 6) is 1.86. The fourth-order valence-corrected chi connectivity index (χ4v) is 2.98. The molecule has 0 spiro atoms. The Morgan fingerprint density at radius 1 is 1.16 bits per heavy atom. The zero-order chi connectivity index (χ0) is 13.5. The van der Waals surface area contributed by atoms with Gasteiger partial charge in [0, 0.05) is 5.39 Å². The fraction of sp³-hybridized carbons (Fsp3) is 0.444. The quantitative estimate of drug-likeness (QED) is 0.639. The number of rotatable bonds is 1. The van der Waals surface area contributed by atoms with Gasteiger partial charge in [-0.25, -0.2) is 0 Å². The van der Waals surface area contributed by atoms with Crippen LogP contribution >= 0.6 is 0 Å². The lowest BCUT2D eigenvalue weighted by Gasteiger charge is -2.32. The first-order valence-corrected chi connectivity index (χ1v) is 7.22. The number of hydrogen-bond acceptors (Lipinski definition) is 1. The Kier molecular flexibility index (Phi) is 3.00. The molecule has 0 saturated heterocycles. The minimum absolute atomic E-state index is 0.413. The molecule has 0 amide bonds. The highest BCUT2D eigenvalue weighted by molar-refractivity contribution is 5.81. The maximum absolute atomic E-state index is 5.96. The van der Waals surface area contributed by atoms with E-state index < -0.39 is 0 Å². The molecule has 1 aliphatic rings. The van der Waals surface area contributed by atoms with Gasteiger partial charge in [0.25, 0.3) is 0 Å². The molecule has 1 aromatic heterocycles. The van der Waals surface area contributed by atoms with Crippen LogP contribution in [0, 0.1) is 11.3 Å². The summed E-state index contributed by atoms with van der Waals surface area (Å²) in [4.78, 5) is 0. The van der Waals surface area contributed by atoms with Gasteiger partial charge < -0.3 is 4.42 Å². The highest BCUT2D eigenvalue weighted by atomic mass is 16.3. The second-order valence-corrected chi connectivity index (χ2v) is 6.72. The second-order valence-electron chi connectivity index (χ2n) is 6.72. The first-order chi connectivity index (χ1) is 9.04. The van der Waals surface area contributed by atoms with E-state index in [0.717, 1.165) is 23.7 Å². The molecular weight excluding hydrogens is 232 g/mol. The molecule has 0 saturated carbocycles. The SMILES string of the molecule is CC(C)(C)C1CC=C(c2cc3ccccc3o2)CC1. The second kappa shape index (κ2) is 4.56. The van der Waals surface area contributed by atoms with Crippen molar-refractivity contribution in [2.75, 3.05) is 0 Å². The lowest BCUT2D eigenvalue weighted by molar-refractivity contribution is 0.225. The van der Waals surface area contributed by atoms with E-state index in [2.05, 4.69) is 45.0 Å². The van der Waals surface area contributed by atoms with E-state index in [4.69, 9.17) is 4.42 Å². The van der Waals surface area contributed by atoms with Gasteiger partial charge in [-0.1, -0.05) is 45.0 Å². The van der Waals surface area contributed by atoms with Crippen LogP contribution in [0.15, 0.2) is 40.8 Å². The predicted octanol–water partition coefficient (Wildman–Crippen LogP) is 5.66. The summed E-state index contributed by atoms with van der Waals surface area (Å²) < 4.78 is 5.96. The van der Waals surface area contributed by atoms with Gasteiger partial charge in [-0.2, -0.15) is 0 Å². The van der Waals surface area contributed by atoms with E-state index in [1.165, 1.54) is 23.8 Å². The summed E-state index contributed by atoms with van der Waals surface area (Å²) in [6.07, 6.45) is 5.97. The van der Waals surface area contributed by atoms with E-state index in [9.17, 15) is 0 Å². The molecule has 100 valence electrons. The number of hydrogen-bond donors (Lipinski definition) is 0. The van der Waals surface area contributed by atoms with Crippen molar-refractivity contribution < 1.29 is 4.42 Å². The van der Waals surface area contributed by atoms with Crippen molar-refractivity contribution in [3.8, 4) is 0 Å². The Bertz CT molecular complexity index is 577. The van der Waals surface area contributed by atoms with Gasteiger partial charge in [-0.15, -0.1) is 0 Å². The molecule has 1 atom stereocenters. The zero-order valence-corrected chi connectivity index (χ0v) is 12.1. The maximum atomic E-state index is 5.96. The number of benzene rings is 1. The van der Waals surface area contributed by atoms with Crippen LogP contribution < -0.4 is 0 Å². The topological polar surface area (TPSA) is 13.1 Å². The van der Waals surface area contributed by atoms with Crippen molar-refractivity contribution in [2.45, 2.75) is 40.0 Å². The lowest BCUT2D eigenvalue weighted by Crippen LogP contribution is -2.21. The monoisotopic (exact) mass is 254 g/mol. The maximum Gasteiger partial charge on any atom is 0.134 e. The third kappa shape index (κ3) is 2.47. The first-order valence-electron chi connectivity index (χ1n) is 7.22. The minimum Gasteiger partial charge on any atom is -0.456 e. The summed E-state index contributed by atoms with van der Waals surface area (Å²) in [7, 11) is 0. The molecule has 0 N–H and O–H groups in total. The lowest BCUT2D eigenvalue weighted by atomic mass is 9.73. The molecule has 0 aliphatic heterocycles. The minimum atomic E-state index is 0.413. The largest absolute Gasteiger partial charge is 0.456 e. The van der Waals surface area contributed by atoms with Gasteiger partial charge in [0.15, 0.2) is 0 Å². The van der Waals surface area contributed by atoms with Gasteiger partial charge in [-0.3, -0.25) is 0 Å². The number of fused-ring (bicyclic) bond motifs is 1. The normalized spacial score (nSPS) is 20.6. The average molecular weight is 254 g/mol. The molecule has 3 rings (SSSR count). The standard InChI is InChI=1S/C18H22O/c1-18(2,3)15-10-8-13(9-11-15)17-12-14-6-4-5-7-16(14)19-17/h4-8,12,15H,9-11H2,1-3H3. The van der Waals surface area contributed by atoms with Crippen LogP contribution in [-0.4, -0.2) is 0 Å². The Morgan fingerprint density at radius 3 is 2.58 bits per heavy atom. The third-order valence-corrected chi connectivity index (χ3v) is 4.38. The fourth-order valence-electron chi connectivity index (χ4n) is 2.98. The first kappa shape index (κ1) is 12.5. The van der Waals surface area contributed by atoms with Crippen molar-refractivity contribution in [3.63, 3.8) is 0 Å². The molecule has 1 aromatic carbocycles. The molecule has 0 bridgehead atoms. The van der Waals surface area contributed by atoms with Crippen LogP contribution in [0.2, 0.25) is 0 Å². The predicted molar refractivity (Wildman–Crippen MR) is 81.0 cm³/mol. The van der Waals surface area contributed by atoms with E-state index >= 15 is 0 Å². The van der Waals surface area contributed by atoms with Gasteiger partial charge in [-0.05, 0) is 48.3 Å². The van der Waals surface area contributed by atoms with Gasteiger partial charge in [0.2, 0.25) is 0 Å². The van der Waals surface area contributed by atoms with Crippen molar-refractivity contribution in [1.82, 2.24) is 0 Å². The number of allylic oxidation sites excluding steroid dienone is 2. The smallest absolute Gasteiger partial charge is 0.134 e.